The largest absolute Gasteiger partial charge is 0.349 e. The summed E-state index contributed by atoms with van der Waals surface area (Å²) in [5, 5.41) is 3.02. The molecule has 1 N–H and O–H groups in total. The van der Waals surface area contributed by atoms with Crippen LogP contribution in [0.1, 0.15) is 38.8 Å². The average Bonchev–Trinajstić information content (AvgIpc) is 2.79. The van der Waals surface area contributed by atoms with Gasteiger partial charge in [-0.3, -0.25) is 9.59 Å². The maximum Gasteiger partial charge on any atom is 0.225 e. The standard InChI is InChI=1S/C17H23BrN2O2/c1-11(2)9-20-10-14(8-16(20)21)17(22)19-12(3)13-5-4-6-15(18)7-13/h4-7,11-12,14H,8-10H2,1-3H3,(H,19,22)/t12-,14-/m1/s1. The van der Waals surface area contributed by atoms with Crippen molar-refractivity contribution in [1.82, 2.24) is 10.2 Å². The number of halogens is 1. The van der Waals surface area contributed by atoms with Crippen molar-refractivity contribution in [3.63, 3.8) is 0 Å². The quantitative estimate of drug-likeness (QED) is 0.869. The molecule has 0 spiro atoms. The Hall–Kier alpha value is -1.36. The van der Waals surface area contributed by atoms with Gasteiger partial charge in [-0.1, -0.05) is 41.9 Å². The van der Waals surface area contributed by atoms with Gasteiger partial charge < -0.3 is 10.2 Å². The van der Waals surface area contributed by atoms with Gasteiger partial charge in [0.05, 0.1) is 12.0 Å². The van der Waals surface area contributed by atoms with Crippen molar-refractivity contribution in [2.45, 2.75) is 33.2 Å². The number of benzene rings is 1. The Morgan fingerprint density at radius 3 is 2.77 bits per heavy atom. The molecule has 1 aromatic carbocycles. The SMILES string of the molecule is CC(C)CN1C[C@H](C(=O)N[C@H](C)c2cccc(Br)c2)CC1=O. The van der Waals surface area contributed by atoms with E-state index >= 15 is 0 Å². The van der Waals surface area contributed by atoms with Gasteiger partial charge >= 0.3 is 0 Å². The van der Waals surface area contributed by atoms with Gasteiger partial charge in [0.15, 0.2) is 0 Å². The van der Waals surface area contributed by atoms with Crippen molar-refractivity contribution in [3.8, 4) is 0 Å². The second kappa shape index (κ2) is 7.27. The molecule has 1 aliphatic heterocycles. The molecular weight excluding hydrogens is 344 g/mol. The van der Waals surface area contributed by atoms with E-state index in [1.165, 1.54) is 0 Å². The topological polar surface area (TPSA) is 49.4 Å². The molecule has 1 aromatic rings. The second-order valence-corrected chi connectivity index (χ2v) is 7.29. The van der Waals surface area contributed by atoms with Crippen LogP contribution < -0.4 is 5.32 Å². The van der Waals surface area contributed by atoms with Crippen LogP contribution >= 0.6 is 15.9 Å². The molecule has 0 saturated carbocycles. The van der Waals surface area contributed by atoms with Gasteiger partial charge in [0.2, 0.25) is 11.8 Å². The zero-order chi connectivity index (χ0) is 16.3. The molecule has 2 atom stereocenters. The first-order valence-electron chi connectivity index (χ1n) is 7.70. The molecule has 2 rings (SSSR count). The molecule has 0 aliphatic carbocycles. The van der Waals surface area contributed by atoms with Gasteiger partial charge in [-0.05, 0) is 30.5 Å². The first-order valence-corrected chi connectivity index (χ1v) is 8.49. The third-order valence-corrected chi connectivity index (χ3v) is 4.37. The summed E-state index contributed by atoms with van der Waals surface area (Å²) in [6.07, 6.45) is 0.323. The number of rotatable bonds is 5. The molecule has 22 heavy (non-hydrogen) atoms. The summed E-state index contributed by atoms with van der Waals surface area (Å²) in [6.45, 7) is 7.38. The van der Waals surface area contributed by atoms with Crippen LogP contribution in [0.2, 0.25) is 0 Å². The van der Waals surface area contributed by atoms with E-state index in [0.717, 1.165) is 16.6 Å². The average molecular weight is 367 g/mol. The maximum absolute atomic E-state index is 12.4. The Kier molecular flexibility index (Phi) is 5.62. The minimum atomic E-state index is -0.235. The highest BCUT2D eigenvalue weighted by Crippen LogP contribution is 2.22. The third-order valence-electron chi connectivity index (χ3n) is 3.88. The summed E-state index contributed by atoms with van der Waals surface area (Å²) < 4.78 is 0.991. The van der Waals surface area contributed by atoms with Crippen molar-refractivity contribution >= 4 is 27.7 Å². The van der Waals surface area contributed by atoms with E-state index in [0.29, 0.717) is 18.9 Å². The Morgan fingerprint density at radius 1 is 1.41 bits per heavy atom. The van der Waals surface area contributed by atoms with Crippen LogP contribution in [-0.4, -0.2) is 29.8 Å². The molecule has 0 bridgehead atoms. The molecule has 0 aromatic heterocycles. The first kappa shape index (κ1) is 17.0. The lowest BCUT2D eigenvalue weighted by molar-refractivity contribution is -0.129. The van der Waals surface area contributed by atoms with Gasteiger partial charge in [0.1, 0.15) is 0 Å². The highest BCUT2D eigenvalue weighted by molar-refractivity contribution is 9.10. The lowest BCUT2D eigenvalue weighted by Crippen LogP contribution is -2.35. The lowest BCUT2D eigenvalue weighted by atomic mass is 10.1. The van der Waals surface area contributed by atoms with Crippen LogP contribution in [0, 0.1) is 11.8 Å². The normalized spacial score (nSPS) is 19.6. The van der Waals surface area contributed by atoms with Crippen LogP contribution in [0.5, 0.6) is 0 Å². The molecular formula is C17H23BrN2O2. The van der Waals surface area contributed by atoms with Crippen molar-refractivity contribution < 1.29 is 9.59 Å². The zero-order valence-electron chi connectivity index (χ0n) is 13.3. The van der Waals surface area contributed by atoms with E-state index in [1.807, 2.05) is 31.2 Å². The van der Waals surface area contributed by atoms with E-state index in [-0.39, 0.29) is 23.8 Å². The maximum atomic E-state index is 12.4. The number of amides is 2. The van der Waals surface area contributed by atoms with Gasteiger partial charge in [-0.2, -0.15) is 0 Å². The summed E-state index contributed by atoms with van der Waals surface area (Å²) in [6, 6.07) is 7.82. The molecule has 0 radical (unpaired) electrons. The van der Waals surface area contributed by atoms with Gasteiger partial charge in [-0.25, -0.2) is 0 Å². The van der Waals surface area contributed by atoms with Crippen LogP contribution in [0.25, 0.3) is 0 Å². The fraction of sp³-hybridized carbons (Fsp3) is 0.529. The smallest absolute Gasteiger partial charge is 0.225 e. The molecule has 1 saturated heterocycles. The Morgan fingerprint density at radius 2 is 2.14 bits per heavy atom. The summed E-state index contributed by atoms with van der Waals surface area (Å²) in [5.41, 5.74) is 1.05. The van der Waals surface area contributed by atoms with Crippen molar-refractivity contribution in [2.24, 2.45) is 11.8 Å². The monoisotopic (exact) mass is 366 g/mol. The van der Waals surface area contributed by atoms with Crippen LogP contribution in [0.4, 0.5) is 0 Å². The third kappa shape index (κ3) is 4.32. The molecule has 1 fully saturated rings. The van der Waals surface area contributed by atoms with E-state index in [4.69, 9.17) is 0 Å². The van der Waals surface area contributed by atoms with E-state index < -0.39 is 0 Å². The summed E-state index contributed by atoms with van der Waals surface area (Å²) >= 11 is 3.44. The van der Waals surface area contributed by atoms with Crippen molar-refractivity contribution in [1.29, 1.82) is 0 Å². The Bertz CT molecular complexity index is 559. The molecule has 1 heterocycles. The van der Waals surface area contributed by atoms with Gasteiger partial charge in [-0.15, -0.1) is 0 Å². The minimum Gasteiger partial charge on any atom is -0.349 e. The highest BCUT2D eigenvalue weighted by atomic mass is 79.9. The Labute approximate surface area is 140 Å². The number of nitrogens with one attached hydrogen (secondary N) is 1. The van der Waals surface area contributed by atoms with E-state index in [1.54, 1.807) is 4.90 Å². The zero-order valence-corrected chi connectivity index (χ0v) is 14.9. The summed E-state index contributed by atoms with van der Waals surface area (Å²) in [7, 11) is 0. The molecule has 5 heteroatoms. The fourth-order valence-electron chi connectivity index (χ4n) is 2.76. The Balaban J connectivity index is 1.94. The predicted octanol–water partition coefficient (Wildman–Crippen LogP) is 3.13. The molecule has 4 nitrogen and oxygen atoms in total. The van der Waals surface area contributed by atoms with Crippen LogP contribution in [0.15, 0.2) is 28.7 Å². The molecule has 2 amide bonds. The summed E-state index contributed by atoms with van der Waals surface area (Å²) in [5.74, 6) is 0.239. The number of carbonyl (C=O) groups is 2. The van der Waals surface area contributed by atoms with E-state index in [2.05, 4.69) is 35.1 Å². The number of hydrogen-bond donors (Lipinski definition) is 1. The van der Waals surface area contributed by atoms with Crippen LogP contribution in [0.3, 0.4) is 0 Å². The van der Waals surface area contributed by atoms with E-state index in [9.17, 15) is 9.59 Å². The number of nitrogens with zero attached hydrogens (tertiary/aromatic N) is 1. The number of hydrogen-bond acceptors (Lipinski definition) is 2. The molecule has 0 unspecified atom stereocenters. The predicted molar refractivity (Wildman–Crippen MR) is 90.2 cm³/mol. The number of likely N-dealkylation sites (tertiary alicyclic amines) is 1. The van der Waals surface area contributed by atoms with Crippen molar-refractivity contribution in [2.75, 3.05) is 13.1 Å². The van der Waals surface area contributed by atoms with Gasteiger partial charge in [0, 0.05) is 24.0 Å². The van der Waals surface area contributed by atoms with Crippen LogP contribution in [-0.2, 0) is 9.59 Å². The summed E-state index contributed by atoms with van der Waals surface area (Å²) in [4.78, 5) is 26.2. The molecule has 120 valence electrons. The first-order chi connectivity index (χ1) is 10.4. The molecule has 1 aliphatic rings. The fourth-order valence-corrected chi connectivity index (χ4v) is 3.17. The van der Waals surface area contributed by atoms with Crippen molar-refractivity contribution in [3.05, 3.63) is 34.3 Å². The number of carbonyl (C=O) groups excluding carboxylic acids is 2. The lowest BCUT2D eigenvalue weighted by Gasteiger charge is -2.20. The van der Waals surface area contributed by atoms with Gasteiger partial charge in [0.25, 0.3) is 0 Å². The second-order valence-electron chi connectivity index (χ2n) is 6.38. The minimum absolute atomic E-state index is 0.0351. The highest BCUT2D eigenvalue weighted by Gasteiger charge is 2.34.